The number of allylic oxidation sites excluding steroid dienone is 1. The summed E-state index contributed by atoms with van der Waals surface area (Å²) >= 11 is 0. The smallest absolute Gasteiger partial charge is 0.848 e. The number of cyclic esters (lactones) is 1. The second-order valence-electron chi connectivity index (χ2n) is 5.32. The van der Waals surface area contributed by atoms with Crippen LogP contribution >= 0.6 is 0 Å². The number of carbonyl (C=O) groups is 3. The molecule has 1 heterocycles. The van der Waals surface area contributed by atoms with Crippen molar-refractivity contribution in [2.75, 3.05) is 0 Å². The molecule has 0 bridgehead atoms. The van der Waals surface area contributed by atoms with Gasteiger partial charge < -0.3 is 19.7 Å². The van der Waals surface area contributed by atoms with E-state index < -0.39 is 29.7 Å². The maximum absolute atomic E-state index is 11.1. The second kappa shape index (κ2) is 12.4. The number of carboxylic acid groups (broad SMARTS) is 1. The number of carbonyl (C=O) groups excluding carboxylic acids is 3. The fraction of sp³-hybridized carbons (Fsp3) is 0.688. The summed E-state index contributed by atoms with van der Waals surface area (Å²) in [4.78, 5) is 32.1. The minimum Gasteiger partial charge on any atom is -0.848 e. The minimum absolute atomic E-state index is 0. The van der Waals surface area contributed by atoms with Crippen molar-refractivity contribution in [3.05, 3.63) is 11.8 Å². The fourth-order valence-corrected chi connectivity index (χ4v) is 2.05. The number of esters is 1. The maximum atomic E-state index is 11.1. The van der Waals surface area contributed by atoms with E-state index in [0.29, 0.717) is 6.42 Å². The Morgan fingerprint density at radius 2 is 1.91 bits per heavy atom. The molecule has 0 saturated heterocycles. The van der Waals surface area contributed by atoms with Gasteiger partial charge in [-0.25, -0.2) is 0 Å². The quantitative estimate of drug-likeness (QED) is 0.375. The van der Waals surface area contributed by atoms with Gasteiger partial charge in [0.15, 0.2) is 0 Å². The van der Waals surface area contributed by atoms with Gasteiger partial charge in [-0.05, 0) is 32.6 Å². The molecule has 126 valence electrons. The number of hydrogen-bond donors (Lipinski definition) is 0. The van der Waals surface area contributed by atoms with Gasteiger partial charge in [0.05, 0.1) is 5.76 Å². The Labute approximate surface area is 150 Å². The predicted octanol–water partition coefficient (Wildman–Crippen LogP) is 0.331. The molecule has 0 aromatic heterocycles. The van der Waals surface area contributed by atoms with Gasteiger partial charge in [0, 0.05) is 5.97 Å². The fourth-order valence-electron chi connectivity index (χ4n) is 2.05. The van der Waals surface area contributed by atoms with Gasteiger partial charge in [-0.15, -0.1) is 0 Å². The molecular formula is C16H24O6Zn. The van der Waals surface area contributed by atoms with Crippen molar-refractivity contribution >= 4 is 17.7 Å². The minimum atomic E-state index is -1.29. The van der Waals surface area contributed by atoms with E-state index in [1.54, 1.807) is 0 Å². The van der Waals surface area contributed by atoms with Gasteiger partial charge in [0.2, 0.25) is 0 Å². The Kier molecular flexibility index (Phi) is 13.0. The van der Waals surface area contributed by atoms with E-state index in [4.69, 9.17) is 0 Å². The first kappa shape index (κ1) is 24.2. The molecule has 7 heteroatoms. The Bertz CT molecular complexity index is 432. The summed E-state index contributed by atoms with van der Waals surface area (Å²) in [6.07, 6.45) is 3.48. The molecule has 0 aromatic carbocycles. The van der Waals surface area contributed by atoms with Gasteiger partial charge in [-0.3, -0.25) is 9.59 Å². The van der Waals surface area contributed by atoms with Crippen LogP contribution < -0.4 is 10.2 Å². The number of aliphatic carboxylic acids is 1. The molecule has 0 fully saturated rings. The zero-order chi connectivity index (χ0) is 17.3. The van der Waals surface area contributed by atoms with E-state index in [-0.39, 0.29) is 31.2 Å². The van der Waals surface area contributed by atoms with Crippen LogP contribution in [-0.4, -0.2) is 23.8 Å². The molecule has 0 aromatic rings. The van der Waals surface area contributed by atoms with Crippen LogP contribution in [0, 0.1) is 11.8 Å². The third kappa shape index (κ3) is 8.96. The Balaban J connectivity index is 0. The van der Waals surface area contributed by atoms with Crippen molar-refractivity contribution in [2.24, 2.45) is 11.8 Å². The zero-order valence-corrected chi connectivity index (χ0v) is 17.3. The van der Waals surface area contributed by atoms with Gasteiger partial charge in [-0.1, -0.05) is 38.9 Å². The Morgan fingerprint density at radius 3 is 2.26 bits per heavy atom. The molecule has 6 nitrogen and oxygen atoms in total. The van der Waals surface area contributed by atoms with Crippen LogP contribution in [0.15, 0.2) is 11.8 Å². The molecule has 3 unspecified atom stereocenters. The van der Waals surface area contributed by atoms with E-state index >= 15 is 0 Å². The van der Waals surface area contributed by atoms with Crippen LogP contribution in [0.1, 0.15) is 53.4 Å². The molecule has 0 radical (unpaired) electrons. The van der Waals surface area contributed by atoms with Crippen molar-refractivity contribution in [3.63, 3.8) is 0 Å². The van der Waals surface area contributed by atoms with Crippen molar-refractivity contribution in [1.29, 1.82) is 0 Å². The summed E-state index contributed by atoms with van der Waals surface area (Å²) in [5, 5.41) is 21.5. The van der Waals surface area contributed by atoms with E-state index in [1.807, 2.05) is 6.92 Å². The van der Waals surface area contributed by atoms with Crippen LogP contribution in [0.3, 0.4) is 0 Å². The summed E-state index contributed by atoms with van der Waals surface area (Å²) in [5.41, 5.74) is 0. The molecule has 0 amide bonds. The monoisotopic (exact) mass is 376 g/mol. The molecule has 1 aliphatic heterocycles. The number of hydrogen-bond acceptors (Lipinski definition) is 6. The number of rotatable bonds is 6. The Morgan fingerprint density at radius 1 is 1.35 bits per heavy atom. The summed E-state index contributed by atoms with van der Waals surface area (Å²) in [5.74, 6) is -3.17. The number of unbranched alkanes of at least 4 members (excludes halogenated alkanes) is 1. The third-order valence-electron chi connectivity index (χ3n) is 3.41. The summed E-state index contributed by atoms with van der Waals surface area (Å²) in [6.45, 7) is 6.67. The molecule has 0 N–H and O–H groups in total. The largest absolute Gasteiger partial charge is 2.00 e. The maximum Gasteiger partial charge on any atom is 2.00 e. The third-order valence-corrected chi connectivity index (χ3v) is 3.41. The first-order valence-electron chi connectivity index (χ1n) is 7.51. The van der Waals surface area contributed by atoms with Crippen molar-refractivity contribution in [3.8, 4) is 0 Å². The van der Waals surface area contributed by atoms with Gasteiger partial charge in [0.1, 0.15) is 11.7 Å². The molecule has 0 spiro atoms. The number of ketones is 1. The average molecular weight is 378 g/mol. The average Bonchev–Trinajstić information content (AvgIpc) is 2.38. The van der Waals surface area contributed by atoms with Gasteiger partial charge in [0.25, 0.3) is 0 Å². The van der Waals surface area contributed by atoms with Crippen LogP contribution in [0.2, 0.25) is 0 Å². The van der Waals surface area contributed by atoms with E-state index in [0.717, 1.165) is 19.3 Å². The second-order valence-corrected chi connectivity index (χ2v) is 5.32. The van der Waals surface area contributed by atoms with Crippen molar-refractivity contribution < 1.29 is 48.8 Å². The first-order valence-corrected chi connectivity index (χ1v) is 7.51. The molecule has 1 rings (SSSR count). The van der Waals surface area contributed by atoms with Crippen molar-refractivity contribution in [2.45, 2.75) is 59.5 Å². The van der Waals surface area contributed by atoms with E-state index in [9.17, 15) is 24.6 Å². The van der Waals surface area contributed by atoms with E-state index in [1.165, 1.54) is 19.9 Å². The van der Waals surface area contributed by atoms with Crippen LogP contribution in [-0.2, 0) is 38.6 Å². The summed E-state index contributed by atoms with van der Waals surface area (Å²) in [6, 6.07) is 0. The SMILES string of the molecule is CC(=O)C1C(=O)OC(C)=CC1[O-].CCCCC(CC)C(=O)[O-].[Zn+2]. The van der Waals surface area contributed by atoms with Crippen LogP contribution in [0.4, 0.5) is 0 Å². The number of ether oxygens (including phenoxy) is 1. The van der Waals surface area contributed by atoms with Crippen LogP contribution in [0.5, 0.6) is 0 Å². The normalized spacial score (nSPS) is 20.9. The predicted molar refractivity (Wildman–Crippen MR) is 76.1 cm³/mol. The molecule has 0 saturated carbocycles. The molecular weight excluding hydrogens is 354 g/mol. The molecule has 1 aliphatic rings. The van der Waals surface area contributed by atoms with Crippen molar-refractivity contribution in [1.82, 2.24) is 0 Å². The van der Waals surface area contributed by atoms with Gasteiger partial charge in [-0.2, -0.15) is 0 Å². The van der Waals surface area contributed by atoms with Gasteiger partial charge >= 0.3 is 25.4 Å². The molecule has 0 aliphatic carbocycles. The topological polar surface area (TPSA) is 107 Å². The summed E-state index contributed by atoms with van der Waals surface area (Å²) in [7, 11) is 0. The number of carboxylic acids is 1. The standard InChI is InChI=1S/C8H9O4.C8H16O2.Zn/c1-4-3-6(10)7(5(2)9)8(11)12-4;1-3-5-6-7(4-2)8(9)10;/h3,6-7H,1-2H3;7H,3-6H2,1-2H3,(H,9,10);/q-1;;+2/p-1. The number of Topliss-reactive ketones (excluding diaryl/α,β-unsaturated/α-hetero) is 1. The zero-order valence-electron chi connectivity index (χ0n) is 14.3. The molecule has 23 heavy (non-hydrogen) atoms. The Hall–Kier alpha value is -1.07. The van der Waals surface area contributed by atoms with Crippen LogP contribution in [0.25, 0.3) is 0 Å². The van der Waals surface area contributed by atoms with E-state index in [2.05, 4.69) is 11.7 Å². The first-order chi connectivity index (χ1) is 10.2. The molecule has 3 atom stereocenters. The summed E-state index contributed by atoms with van der Waals surface area (Å²) < 4.78 is 4.63.